The molecule has 2 heterocycles. The molecule has 6 nitrogen and oxygen atoms in total. The van der Waals surface area contributed by atoms with E-state index in [1.165, 1.54) is 12.8 Å². The van der Waals surface area contributed by atoms with Crippen molar-refractivity contribution in [1.29, 1.82) is 0 Å². The minimum atomic E-state index is -0.182. The lowest BCUT2D eigenvalue weighted by Gasteiger charge is -2.37. The number of nitrogens with zero attached hydrogens (tertiary/aromatic N) is 3. The summed E-state index contributed by atoms with van der Waals surface area (Å²) in [7, 11) is 0. The van der Waals surface area contributed by atoms with Crippen LogP contribution < -0.4 is 5.32 Å². The van der Waals surface area contributed by atoms with E-state index in [1.807, 2.05) is 37.8 Å². The molecular weight excluding hydrogens is 364 g/mol. The molecule has 0 aromatic heterocycles. The van der Waals surface area contributed by atoms with Crippen LogP contribution in [0.2, 0.25) is 0 Å². The number of nitrogens with one attached hydrogen (secondary N) is 1. The Balaban J connectivity index is 1.46. The highest BCUT2D eigenvalue weighted by Gasteiger charge is 2.27. The molecule has 2 saturated heterocycles. The first kappa shape index (κ1) is 21.8. The van der Waals surface area contributed by atoms with Crippen molar-refractivity contribution < 1.29 is 9.59 Å². The summed E-state index contributed by atoms with van der Waals surface area (Å²) in [5.41, 5.74) is 3.11. The van der Waals surface area contributed by atoms with Gasteiger partial charge in [-0.05, 0) is 50.8 Å². The first-order valence-corrected chi connectivity index (χ1v) is 11.1. The van der Waals surface area contributed by atoms with Crippen molar-refractivity contribution in [2.24, 2.45) is 0 Å². The third kappa shape index (κ3) is 6.03. The maximum Gasteiger partial charge on any atom is 0.241 e. The third-order valence-corrected chi connectivity index (χ3v) is 6.30. The maximum atomic E-state index is 12.7. The van der Waals surface area contributed by atoms with E-state index in [2.05, 4.69) is 21.2 Å². The lowest BCUT2D eigenvalue weighted by molar-refractivity contribution is -0.133. The standard InChI is InChI=1S/C23H36N4O2/c1-18-8-9-19(2)21(16-18)24-23(29)20(3)26-14-12-25(13-15-26)17-22(28)27-10-6-4-5-7-11-27/h8-9,16,20H,4-7,10-15,17H2,1-3H3,(H,24,29). The van der Waals surface area contributed by atoms with Gasteiger partial charge in [0, 0.05) is 45.0 Å². The molecule has 2 aliphatic rings. The van der Waals surface area contributed by atoms with Crippen LogP contribution in [0.1, 0.15) is 43.7 Å². The number of likely N-dealkylation sites (tertiary alicyclic amines) is 1. The highest BCUT2D eigenvalue weighted by molar-refractivity contribution is 5.95. The van der Waals surface area contributed by atoms with Gasteiger partial charge in [0.1, 0.15) is 0 Å². The molecule has 0 saturated carbocycles. The molecule has 2 aliphatic heterocycles. The van der Waals surface area contributed by atoms with Crippen LogP contribution in [0.4, 0.5) is 5.69 Å². The molecule has 1 aromatic rings. The van der Waals surface area contributed by atoms with Crippen molar-refractivity contribution >= 4 is 17.5 Å². The van der Waals surface area contributed by atoms with E-state index in [-0.39, 0.29) is 17.9 Å². The molecule has 160 valence electrons. The second-order valence-corrected chi connectivity index (χ2v) is 8.59. The van der Waals surface area contributed by atoms with Crippen LogP contribution in [-0.2, 0) is 9.59 Å². The quantitative estimate of drug-likeness (QED) is 0.826. The summed E-state index contributed by atoms with van der Waals surface area (Å²) in [4.78, 5) is 31.9. The van der Waals surface area contributed by atoms with Crippen LogP contribution in [0, 0.1) is 13.8 Å². The van der Waals surface area contributed by atoms with Gasteiger partial charge in [-0.2, -0.15) is 0 Å². The summed E-state index contributed by atoms with van der Waals surface area (Å²) in [6.45, 7) is 11.6. The van der Waals surface area contributed by atoms with E-state index in [9.17, 15) is 9.59 Å². The van der Waals surface area contributed by atoms with Crippen molar-refractivity contribution in [3.05, 3.63) is 29.3 Å². The summed E-state index contributed by atoms with van der Waals surface area (Å²) >= 11 is 0. The van der Waals surface area contributed by atoms with Crippen molar-refractivity contribution in [2.75, 3.05) is 51.1 Å². The summed E-state index contributed by atoms with van der Waals surface area (Å²) in [6, 6.07) is 5.93. The predicted octanol–water partition coefficient (Wildman–Crippen LogP) is 2.65. The predicted molar refractivity (Wildman–Crippen MR) is 117 cm³/mol. The Morgan fingerprint density at radius 2 is 1.62 bits per heavy atom. The molecule has 29 heavy (non-hydrogen) atoms. The molecule has 1 N–H and O–H groups in total. The van der Waals surface area contributed by atoms with Crippen molar-refractivity contribution in [3.8, 4) is 0 Å². The number of anilines is 1. The zero-order chi connectivity index (χ0) is 20.8. The molecular formula is C23H36N4O2. The monoisotopic (exact) mass is 400 g/mol. The lowest BCUT2D eigenvalue weighted by atomic mass is 10.1. The van der Waals surface area contributed by atoms with E-state index in [0.29, 0.717) is 6.54 Å². The fraction of sp³-hybridized carbons (Fsp3) is 0.652. The van der Waals surface area contributed by atoms with E-state index < -0.39 is 0 Å². The number of carbonyl (C=O) groups excluding carboxylic acids is 2. The second kappa shape index (κ2) is 10.2. The molecule has 1 unspecified atom stereocenters. The number of aryl methyl sites for hydroxylation is 2. The van der Waals surface area contributed by atoms with Gasteiger partial charge in [0.15, 0.2) is 0 Å². The molecule has 2 amide bonds. The number of benzene rings is 1. The van der Waals surface area contributed by atoms with Crippen molar-refractivity contribution in [1.82, 2.24) is 14.7 Å². The van der Waals surface area contributed by atoms with E-state index >= 15 is 0 Å². The number of carbonyl (C=O) groups is 2. The molecule has 0 aliphatic carbocycles. The van der Waals surface area contributed by atoms with Gasteiger partial charge >= 0.3 is 0 Å². The highest BCUT2D eigenvalue weighted by atomic mass is 16.2. The van der Waals surface area contributed by atoms with Crippen LogP contribution in [0.25, 0.3) is 0 Å². The Morgan fingerprint density at radius 1 is 0.966 bits per heavy atom. The first-order valence-electron chi connectivity index (χ1n) is 11.1. The number of piperazine rings is 1. The fourth-order valence-corrected chi connectivity index (χ4v) is 4.19. The SMILES string of the molecule is Cc1ccc(C)c(NC(=O)C(C)N2CCN(CC(=O)N3CCCCCC3)CC2)c1. The number of amides is 2. The minimum absolute atomic E-state index is 0.0350. The van der Waals surface area contributed by atoms with Gasteiger partial charge in [-0.25, -0.2) is 0 Å². The second-order valence-electron chi connectivity index (χ2n) is 8.59. The molecule has 1 aromatic carbocycles. The molecule has 1 atom stereocenters. The largest absolute Gasteiger partial charge is 0.342 e. The first-order chi connectivity index (χ1) is 13.9. The number of hydrogen-bond donors (Lipinski definition) is 1. The molecule has 0 spiro atoms. The third-order valence-electron chi connectivity index (χ3n) is 6.30. The Hall–Kier alpha value is -1.92. The maximum absolute atomic E-state index is 12.7. The minimum Gasteiger partial charge on any atom is -0.342 e. The lowest BCUT2D eigenvalue weighted by Crippen LogP contribution is -2.54. The Morgan fingerprint density at radius 3 is 2.28 bits per heavy atom. The summed E-state index contributed by atoms with van der Waals surface area (Å²) in [5.74, 6) is 0.300. The van der Waals surface area contributed by atoms with Crippen LogP contribution in [0.15, 0.2) is 18.2 Å². The number of hydrogen-bond acceptors (Lipinski definition) is 4. The van der Waals surface area contributed by atoms with E-state index in [4.69, 9.17) is 0 Å². The average molecular weight is 401 g/mol. The van der Waals surface area contributed by atoms with Crippen molar-refractivity contribution in [3.63, 3.8) is 0 Å². The van der Waals surface area contributed by atoms with Crippen LogP contribution >= 0.6 is 0 Å². The topological polar surface area (TPSA) is 55.9 Å². The summed E-state index contributed by atoms with van der Waals surface area (Å²) in [5, 5.41) is 3.09. The Kier molecular flexibility index (Phi) is 7.67. The van der Waals surface area contributed by atoms with Gasteiger partial charge in [-0.3, -0.25) is 19.4 Å². The van der Waals surface area contributed by atoms with Gasteiger partial charge < -0.3 is 10.2 Å². The number of rotatable bonds is 5. The molecule has 6 heteroatoms. The van der Waals surface area contributed by atoms with Gasteiger partial charge in [0.25, 0.3) is 0 Å². The van der Waals surface area contributed by atoms with E-state index in [1.54, 1.807) is 0 Å². The van der Waals surface area contributed by atoms with Crippen LogP contribution in [0.5, 0.6) is 0 Å². The smallest absolute Gasteiger partial charge is 0.241 e. The normalized spacial score (nSPS) is 20.2. The van der Waals surface area contributed by atoms with Crippen molar-refractivity contribution in [2.45, 2.75) is 52.5 Å². The molecule has 3 rings (SSSR count). The summed E-state index contributed by atoms with van der Waals surface area (Å²) in [6.07, 6.45) is 4.74. The zero-order valence-corrected chi connectivity index (χ0v) is 18.2. The highest BCUT2D eigenvalue weighted by Crippen LogP contribution is 2.18. The molecule has 2 fully saturated rings. The molecule has 0 radical (unpaired) electrons. The average Bonchev–Trinajstić information content (AvgIpc) is 3.00. The van der Waals surface area contributed by atoms with Crippen LogP contribution in [-0.4, -0.2) is 78.4 Å². The Bertz CT molecular complexity index is 705. The van der Waals surface area contributed by atoms with Gasteiger partial charge in [0.2, 0.25) is 11.8 Å². The van der Waals surface area contributed by atoms with Crippen LogP contribution in [0.3, 0.4) is 0 Å². The van der Waals surface area contributed by atoms with Gasteiger partial charge in [-0.15, -0.1) is 0 Å². The zero-order valence-electron chi connectivity index (χ0n) is 18.2. The van der Waals surface area contributed by atoms with Gasteiger partial charge in [0.05, 0.1) is 12.6 Å². The Labute approximate surface area is 175 Å². The molecule has 0 bridgehead atoms. The fourth-order valence-electron chi connectivity index (χ4n) is 4.19. The van der Waals surface area contributed by atoms with E-state index in [0.717, 1.165) is 68.9 Å². The summed E-state index contributed by atoms with van der Waals surface area (Å²) < 4.78 is 0. The van der Waals surface area contributed by atoms with Gasteiger partial charge in [-0.1, -0.05) is 25.0 Å².